The summed E-state index contributed by atoms with van der Waals surface area (Å²) in [6, 6.07) is 4.91. The lowest BCUT2D eigenvalue weighted by Crippen LogP contribution is -2.21. The molecule has 0 bridgehead atoms. The largest absolute Gasteiger partial charge is 0.416 e. The van der Waals surface area contributed by atoms with Crippen molar-refractivity contribution in [3.8, 4) is 0 Å². The van der Waals surface area contributed by atoms with Gasteiger partial charge < -0.3 is 5.32 Å². The van der Waals surface area contributed by atoms with Gasteiger partial charge in [0.2, 0.25) is 0 Å². The van der Waals surface area contributed by atoms with Crippen LogP contribution >= 0.6 is 15.9 Å². The lowest BCUT2D eigenvalue weighted by Gasteiger charge is -2.19. The van der Waals surface area contributed by atoms with E-state index < -0.39 is 11.7 Å². The summed E-state index contributed by atoms with van der Waals surface area (Å²) in [5, 5.41) is 7.11. The molecule has 0 aliphatic carbocycles. The molecule has 2 aromatic rings. The molecule has 0 spiro atoms. The molecular formula is C13H13BrF3N3. The fraction of sp³-hybridized carbons (Fsp3) is 0.308. The highest BCUT2D eigenvalue weighted by Gasteiger charge is 2.31. The van der Waals surface area contributed by atoms with Crippen molar-refractivity contribution < 1.29 is 13.2 Å². The summed E-state index contributed by atoms with van der Waals surface area (Å²) in [4.78, 5) is 0. The van der Waals surface area contributed by atoms with Crippen molar-refractivity contribution in [1.29, 1.82) is 0 Å². The van der Waals surface area contributed by atoms with Gasteiger partial charge in [-0.25, -0.2) is 0 Å². The fourth-order valence-corrected chi connectivity index (χ4v) is 2.68. The van der Waals surface area contributed by atoms with Crippen LogP contribution in [0, 0.1) is 0 Å². The van der Waals surface area contributed by atoms with E-state index in [9.17, 15) is 13.2 Å². The molecule has 108 valence electrons. The van der Waals surface area contributed by atoms with E-state index in [0.717, 1.165) is 22.3 Å². The Hall–Kier alpha value is -1.34. The minimum atomic E-state index is -4.35. The maximum absolute atomic E-state index is 12.8. The maximum Gasteiger partial charge on any atom is 0.416 e. The molecule has 1 aromatic carbocycles. The van der Waals surface area contributed by atoms with Gasteiger partial charge in [0.1, 0.15) is 0 Å². The normalized spacial score (nSPS) is 13.5. The minimum Gasteiger partial charge on any atom is -0.308 e. The number of rotatable bonds is 3. The van der Waals surface area contributed by atoms with Gasteiger partial charge in [0.05, 0.1) is 28.0 Å². The number of hydrogen-bond donors (Lipinski definition) is 1. The van der Waals surface area contributed by atoms with Crippen LogP contribution in [-0.2, 0) is 13.2 Å². The first kappa shape index (κ1) is 15.1. The van der Waals surface area contributed by atoms with Gasteiger partial charge in [-0.15, -0.1) is 0 Å². The average molecular weight is 348 g/mol. The maximum atomic E-state index is 12.8. The van der Waals surface area contributed by atoms with E-state index in [0.29, 0.717) is 5.56 Å². The van der Waals surface area contributed by atoms with Crippen molar-refractivity contribution in [2.45, 2.75) is 12.2 Å². The molecule has 1 aromatic heterocycles. The first-order chi connectivity index (χ1) is 9.34. The number of aromatic nitrogens is 2. The van der Waals surface area contributed by atoms with Crippen LogP contribution in [0.3, 0.4) is 0 Å². The lowest BCUT2D eigenvalue weighted by atomic mass is 10.0. The average Bonchev–Trinajstić information content (AvgIpc) is 2.71. The van der Waals surface area contributed by atoms with Gasteiger partial charge in [-0.05, 0) is 40.7 Å². The molecule has 0 radical (unpaired) electrons. The first-order valence-electron chi connectivity index (χ1n) is 5.86. The number of nitrogens with zero attached hydrogens (tertiary/aromatic N) is 2. The minimum absolute atomic E-state index is 0.376. The Labute approximate surface area is 122 Å². The molecule has 0 amide bonds. The summed E-state index contributed by atoms with van der Waals surface area (Å²) in [6.45, 7) is 0. The number of benzene rings is 1. The Balaban J connectivity index is 2.48. The highest BCUT2D eigenvalue weighted by molar-refractivity contribution is 9.10. The van der Waals surface area contributed by atoms with Crippen molar-refractivity contribution in [1.82, 2.24) is 15.1 Å². The second-order valence-corrected chi connectivity index (χ2v) is 5.20. The summed E-state index contributed by atoms with van der Waals surface area (Å²) in [5.41, 5.74) is 0.645. The van der Waals surface area contributed by atoms with Crippen LogP contribution in [0.4, 0.5) is 13.2 Å². The standard InChI is InChI=1S/C13H13BrF3N3/c1-18-11(12-10(14)7-19-20(12)2)8-4-3-5-9(6-8)13(15,16)17/h3-7,11,18H,1-2H3. The molecule has 1 N–H and O–H groups in total. The molecule has 0 saturated heterocycles. The van der Waals surface area contributed by atoms with E-state index in [4.69, 9.17) is 0 Å². The van der Waals surface area contributed by atoms with E-state index in [1.165, 1.54) is 6.07 Å². The zero-order valence-corrected chi connectivity index (χ0v) is 12.5. The third kappa shape index (κ3) is 2.88. The number of halogens is 4. The van der Waals surface area contributed by atoms with Crippen molar-refractivity contribution in [2.24, 2.45) is 7.05 Å². The van der Waals surface area contributed by atoms with Crippen molar-refractivity contribution >= 4 is 15.9 Å². The summed E-state index contributed by atoms with van der Waals surface area (Å²) in [7, 11) is 3.45. The van der Waals surface area contributed by atoms with Crippen LogP contribution in [0.1, 0.15) is 22.9 Å². The molecule has 3 nitrogen and oxygen atoms in total. The summed E-state index contributed by atoms with van der Waals surface area (Å²) in [5.74, 6) is 0. The smallest absolute Gasteiger partial charge is 0.308 e. The summed E-state index contributed by atoms with van der Waals surface area (Å²) in [6.07, 6.45) is -2.73. The molecule has 1 unspecified atom stereocenters. The van der Waals surface area contributed by atoms with Gasteiger partial charge >= 0.3 is 6.18 Å². The zero-order valence-electron chi connectivity index (χ0n) is 10.9. The monoisotopic (exact) mass is 347 g/mol. The third-order valence-electron chi connectivity index (χ3n) is 3.05. The molecule has 7 heteroatoms. The van der Waals surface area contributed by atoms with Gasteiger partial charge in [-0.1, -0.05) is 12.1 Å². The number of aryl methyl sites for hydroxylation is 1. The quantitative estimate of drug-likeness (QED) is 0.920. The molecule has 2 rings (SSSR count). The molecule has 20 heavy (non-hydrogen) atoms. The number of hydrogen-bond acceptors (Lipinski definition) is 2. The highest BCUT2D eigenvalue weighted by atomic mass is 79.9. The molecule has 0 aliphatic heterocycles. The first-order valence-corrected chi connectivity index (χ1v) is 6.65. The molecule has 1 heterocycles. The predicted molar refractivity (Wildman–Crippen MR) is 73.3 cm³/mol. The van der Waals surface area contributed by atoms with Gasteiger partial charge in [-0.2, -0.15) is 18.3 Å². The van der Waals surface area contributed by atoms with E-state index >= 15 is 0 Å². The predicted octanol–water partition coefficient (Wildman–Crippen LogP) is 3.51. The van der Waals surface area contributed by atoms with Crippen LogP contribution in [0.5, 0.6) is 0 Å². The lowest BCUT2D eigenvalue weighted by molar-refractivity contribution is -0.137. The Kier molecular flexibility index (Phi) is 4.19. The van der Waals surface area contributed by atoms with Gasteiger partial charge in [-0.3, -0.25) is 4.68 Å². The Bertz CT molecular complexity index is 588. The highest BCUT2D eigenvalue weighted by Crippen LogP contribution is 2.33. The second-order valence-electron chi connectivity index (χ2n) is 4.35. The number of alkyl halides is 3. The van der Waals surface area contributed by atoms with Crippen molar-refractivity contribution in [3.05, 3.63) is 51.8 Å². The zero-order chi connectivity index (χ0) is 14.9. The van der Waals surface area contributed by atoms with E-state index in [1.807, 2.05) is 0 Å². The summed E-state index contributed by atoms with van der Waals surface area (Å²) < 4.78 is 40.7. The Morgan fingerprint density at radius 3 is 2.55 bits per heavy atom. The summed E-state index contributed by atoms with van der Waals surface area (Å²) >= 11 is 3.37. The van der Waals surface area contributed by atoms with E-state index in [1.54, 1.807) is 31.0 Å². The van der Waals surface area contributed by atoms with Crippen LogP contribution in [0.2, 0.25) is 0 Å². The van der Waals surface area contributed by atoms with Crippen molar-refractivity contribution in [2.75, 3.05) is 7.05 Å². The van der Waals surface area contributed by atoms with E-state index in [-0.39, 0.29) is 6.04 Å². The second kappa shape index (κ2) is 5.57. The third-order valence-corrected chi connectivity index (χ3v) is 3.66. The van der Waals surface area contributed by atoms with Crippen molar-refractivity contribution in [3.63, 3.8) is 0 Å². The van der Waals surface area contributed by atoms with Gasteiger partial charge in [0.15, 0.2) is 0 Å². The Morgan fingerprint density at radius 2 is 2.05 bits per heavy atom. The molecule has 0 aliphatic rings. The molecule has 0 saturated carbocycles. The topological polar surface area (TPSA) is 29.9 Å². The number of nitrogens with one attached hydrogen (secondary N) is 1. The molecule has 0 fully saturated rings. The van der Waals surface area contributed by atoms with Gasteiger partial charge in [0.25, 0.3) is 0 Å². The fourth-order valence-electron chi connectivity index (χ4n) is 2.10. The van der Waals surface area contributed by atoms with E-state index in [2.05, 4.69) is 26.3 Å². The van der Waals surface area contributed by atoms with Crippen LogP contribution < -0.4 is 5.32 Å². The van der Waals surface area contributed by atoms with Crippen LogP contribution in [-0.4, -0.2) is 16.8 Å². The molecule has 1 atom stereocenters. The Morgan fingerprint density at radius 1 is 1.35 bits per heavy atom. The van der Waals surface area contributed by atoms with Gasteiger partial charge in [0, 0.05) is 7.05 Å². The SMILES string of the molecule is CNC(c1cccc(C(F)(F)F)c1)c1c(Br)cnn1C. The molecular weight excluding hydrogens is 335 g/mol. The van der Waals surface area contributed by atoms with Crippen LogP contribution in [0.15, 0.2) is 34.9 Å². The van der Waals surface area contributed by atoms with Crippen LogP contribution in [0.25, 0.3) is 0 Å².